The van der Waals surface area contributed by atoms with E-state index in [0.29, 0.717) is 55.9 Å². The molecule has 6 rings (SSSR count). The molecule has 2 aromatic heterocycles. The summed E-state index contributed by atoms with van der Waals surface area (Å²) in [6.45, 7) is 6.54. The second kappa shape index (κ2) is 13.1. The van der Waals surface area contributed by atoms with Gasteiger partial charge in [0.1, 0.15) is 18.5 Å². The largest absolute Gasteiger partial charge is 0.480 e. The topological polar surface area (TPSA) is 127 Å². The van der Waals surface area contributed by atoms with E-state index in [0.717, 1.165) is 49.7 Å². The number of morpholine rings is 1. The van der Waals surface area contributed by atoms with Crippen LogP contribution in [0.2, 0.25) is 0 Å². The van der Waals surface area contributed by atoms with Crippen molar-refractivity contribution in [3.8, 4) is 22.9 Å². The lowest BCUT2D eigenvalue weighted by Gasteiger charge is -2.26. The summed E-state index contributed by atoms with van der Waals surface area (Å²) >= 11 is 0. The lowest BCUT2D eigenvalue weighted by Crippen LogP contribution is -2.38. The van der Waals surface area contributed by atoms with E-state index in [1.165, 1.54) is 4.90 Å². The maximum atomic E-state index is 12.5. The van der Waals surface area contributed by atoms with Crippen LogP contribution in [0.1, 0.15) is 12.0 Å². The van der Waals surface area contributed by atoms with Crippen LogP contribution in [0.15, 0.2) is 54.6 Å². The molecule has 3 aliphatic heterocycles. The zero-order valence-electron chi connectivity index (χ0n) is 23.3. The van der Waals surface area contributed by atoms with Crippen molar-refractivity contribution >= 4 is 23.6 Å². The van der Waals surface area contributed by atoms with E-state index < -0.39 is 6.09 Å². The number of cyclic esters (lactones) is 1. The molecule has 1 unspecified atom stereocenters. The highest BCUT2D eigenvalue weighted by molar-refractivity contribution is 5.95. The summed E-state index contributed by atoms with van der Waals surface area (Å²) in [4.78, 5) is 37.0. The van der Waals surface area contributed by atoms with Crippen molar-refractivity contribution in [2.24, 2.45) is 0 Å². The fraction of sp³-hybridized carbons (Fsp3) is 0.400. The molecule has 0 aliphatic carbocycles. The van der Waals surface area contributed by atoms with Crippen LogP contribution < -0.4 is 25.0 Å². The van der Waals surface area contributed by atoms with Gasteiger partial charge < -0.3 is 29.6 Å². The Balaban J connectivity index is 0.966. The van der Waals surface area contributed by atoms with Crippen LogP contribution in [0, 0.1) is 0 Å². The summed E-state index contributed by atoms with van der Waals surface area (Å²) in [5.74, 6) is 1.54. The number of anilines is 2. The van der Waals surface area contributed by atoms with E-state index in [2.05, 4.69) is 32.7 Å². The molecule has 2 amide bonds. The number of rotatable bonds is 11. The molecule has 2 N–H and O–H groups in total. The van der Waals surface area contributed by atoms with E-state index in [1.54, 1.807) is 12.1 Å². The smallest absolute Gasteiger partial charge is 0.415 e. The molecule has 2 saturated heterocycles. The highest BCUT2D eigenvalue weighted by Gasteiger charge is 2.33. The van der Waals surface area contributed by atoms with E-state index in [9.17, 15) is 9.59 Å². The number of carbonyl (C=O) groups excluding carboxylic acids is 2. The van der Waals surface area contributed by atoms with Gasteiger partial charge in [0.25, 0.3) is 5.91 Å². The van der Waals surface area contributed by atoms with Crippen molar-refractivity contribution in [1.29, 1.82) is 0 Å². The van der Waals surface area contributed by atoms with Crippen LogP contribution in [0.4, 0.5) is 16.4 Å². The maximum Gasteiger partial charge on any atom is 0.415 e. The molecule has 220 valence electrons. The first-order valence-corrected chi connectivity index (χ1v) is 14.2. The molecule has 3 aromatic rings. The summed E-state index contributed by atoms with van der Waals surface area (Å²) < 4.78 is 22.2. The number of fused-ring (bicyclic) bond motifs is 1. The number of amides is 2. The molecular weight excluding hydrogens is 540 g/mol. The first-order chi connectivity index (χ1) is 20.6. The molecule has 2 fully saturated rings. The average Bonchev–Trinajstić information content (AvgIpc) is 3.40. The molecule has 0 spiro atoms. The molecule has 3 aliphatic rings. The van der Waals surface area contributed by atoms with Gasteiger partial charge >= 0.3 is 6.09 Å². The third-order valence-corrected chi connectivity index (χ3v) is 7.29. The zero-order chi connectivity index (χ0) is 28.7. The van der Waals surface area contributed by atoms with Crippen LogP contribution >= 0.6 is 0 Å². The van der Waals surface area contributed by atoms with Crippen LogP contribution in [0.25, 0.3) is 11.3 Å². The van der Waals surface area contributed by atoms with Gasteiger partial charge in [-0.05, 0) is 42.8 Å². The number of benzene rings is 1. The Morgan fingerprint density at radius 1 is 1.05 bits per heavy atom. The second-order valence-corrected chi connectivity index (χ2v) is 10.3. The maximum absolute atomic E-state index is 12.5. The van der Waals surface area contributed by atoms with Crippen molar-refractivity contribution < 1.29 is 28.5 Å². The highest BCUT2D eigenvalue weighted by Crippen LogP contribution is 2.30. The van der Waals surface area contributed by atoms with E-state index in [4.69, 9.17) is 23.9 Å². The van der Waals surface area contributed by atoms with E-state index in [1.807, 2.05) is 30.3 Å². The zero-order valence-corrected chi connectivity index (χ0v) is 23.3. The molecule has 0 saturated carbocycles. The van der Waals surface area contributed by atoms with E-state index in [-0.39, 0.29) is 18.6 Å². The van der Waals surface area contributed by atoms with Crippen LogP contribution in [0.5, 0.6) is 11.6 Å². The Kier molecular flexibility index (Phi) is 8.73. The van der Waals surface area contributed by atoms with Crippen LogP contribution in [0.3, 0.4) is 0 Å². The van der Waals surface area contributed by atoms with Crippen molar-refractivity contribution in [2.75, 3.05) is 69.4 Å². The molecule has 0 radical (unpaired) electrons. The van der Waals surface area contributed by atoms with Gasteiger partial charge in [-0.1, -0.05) is 24.3 Å². The Labute approximate surface area is 243 Å². The minimum atomic E-state index is -0.456. The standard InChI is InChI=1S/C30H34N6O6/c37-27-20-41-25-7-8-26(33-29(25)34-27)36-19-23(42-30(36)38)9-10-31-18-21-3-1-4-22(17-21)24-5-2-6-28(32-24)40-16-13-35-11-14-39-15-12-35/h1-8,17,23,31H,9-16,18-20H2,(H,33,34,37). The number of nitrogens with zero attached hydrogens (tertiary/aromatic N) is 4. The highest BCUT2D eigenvalue weighted by atomic mass is 16.6. The quantitative estimate of drug-likeness (QED) is 0.330. The van der Waals surface area contributed by atoms with Crippen molar-refractivity contribution in [2.45, 2.75) is 19.1 Å². The monoisotopic (exact) mass is 574 g/mol. The molecule has 1 aromatic carbocycles. The summed E-state index contributed by atoms with van der Waals surface area (Å²) in [5, 5.41) is 6.11. The SMILES string of the molecule is O=C1COc2ccc(N3CC(CCNCc4cccc(-c5cccc(OCCN6CCOCC6)n5)c4)OC3=O)nc2N1. The fourth-order valence-corrected chi connectivity index (χ4v) is 5.06. The normalized spacial score (nSPS) is 18.7. The predicted octanol–water partition coefficient (Wildman–Crippen LogP) is 2.69. The number of nitrogens with one attached hydrogen (secondary N) is 2. The van der Waals surface area contributed by atoms with Crippen molar-refractivity contribution in [3.05, 3.63) is 60.2 Å². The third-order valence-electron chi connectivity index (χ3n) is 7.29. The average molecular weight is 575 g/mol. The van der Waals surface area contributed by atoms with Crippen LogP contribution in [-0.2, 0) is 20.8 Å². The molecule has 12 nitrogen and oxygen atoms in total. The predicted molar refractivity (Wildman–Crippen MR) is 155 cm³/mol. The van der Waals surface area contributed by atoms with Crippen molar-refractivity contribution in [3.63, 3.8) is 0 Å². The van der Waals surface area contributed by atoms with Gasteiger partial charge in [-0.25, -0.2) is 14.8 Å². The number of aromatic nitrogens is 2. The molecule has 1 atom stereocenters. The number of pyridine rings is 2. The summed E-state index contributed by atoms with van der Waals surface area (Å²) in [5.41, 5.74) is 3.01. The van der Waals surface area contributed by atoms with Crippen molar-refractivity contribution in [1.82, 2.24) is 20.2 Å². The van der Waals surface area contributed by atoms with Gasteiger partial charge in [0, 0.05) is 37.8 Å². The van der Waals surface area contributed by atoms with E-state index >= 15 is 0 Å². The molecule has 42 heavy (non-hydrogen) atoms. The first-order valence-electron chi connectivity index (χ1n) is 14.2. The van der Waals surface area contributed by atoms with Gasteiger partial charge in [0.15, 0.2) is 18.2 Å². The van der Waals surface area contributed by atoms with Gasteiger partial charge in [-0.3, -0.25) is 14.6 Å². The first kappa shape index (κ1) is 27.9. The van der Waals surface area contributed by atoms with Gasteiger partial charge in [-0.15, -0.1) is 0 Å². The Morgan fingerprint density at radius 3 is 2.83 bits per heavy atom. The molecule has 12 heteroatoms. The Morgan fingerprint density at radius 2 is 1.93 bits per heavy atom. The molecule has 0 bridgehead atoms. The summed E-state index contributed by atoms with van der Waals surface area (Å²) in [6.07, 6.45) is -0.0730. The number of carbonyl (C=O) groups is 2. The lowest BCUT2D eigenvalue weighted by molar-refractivity contribution is -0.118. The summed E-state index contributed by atoms with van der Waals surface area (Å²) in [6, 6.07) is 17.5. The molecule has 5 heterocycles. The Bertz CT molecular complexity index is 1410. The number of hydrogen-bond acceptors (Lipinski definition) is 10. The fourth-order valence-electron chi connectivity index (χ4n) is 5.06. The summed E-state index contributed by atoms with van der Waals surface area (Å²) in [7, 11) is 0. The van der Waals surface area contributed by atoms with Gasteiger partial charge in [0.2, 0.25) is 5.88 Å². The number of ether oxygens (including phenoxy) is 4. The van der Waals surface area contributed by atoms with Gasteiger partial charge in [-0.2, -0.15) is 0 Å². The lowest BCUT2D eigenvalue weighted by atomic mass is 10.1. The van der Waals surface area contributed by atoms with Crippen LogP contribution in [-0.4, -0.2) is 92.1 Å². The second-order valence-electron chi connectivity index (χ2n) is 10.3. The third kappa shape index (κ3) is 6.96. The minimum Gasteiger partial charge on any atom is -0.480 e. The minimum absolute atomic E-state index is 0.0474. The Hall–Kier alpha value is -4.26. The van der Waals surface area contributed by atoms with Gasteiger partial charge in [0.05, 0.1) is 25.5 Å². The molecular formula is C30H34N6O6. The number of hydrogen-bond donors (Lipinski definition) is 2.